The molecule has 0 saturated carbocycles. The van der Waals surface area contributed by atoms with Gasteiger partial charge in [0.15, 0.2) is 6.10 Å². The SMILES string of the molecule is C=CCCCCCCCCC(=O)OC(CO)C1OCC(O)C1O. The number of hydrogen-bond donors (Lipinski definition) is 3. The first-order valence-electron chi connectivity index (χ1n) is 8.49. The van der Waals surface area contributed by atoms with Gasteiger partial charge in [-0.3, -0.25) is 4.79 Å². The highest BCUT2D eigenvalue weighted by Gasteiger charge is 2.41. The Morgan fingerprint density at radius 3 is 2.43 bits per heavy atom. The van der Waals surface area contributed by atoms with Crippen LogP contribution in [0.25, 0.3) is 0 Å². The van der Waals surface area contributed by atoms with Crippen molar-refractivity contribution in [3.05, 3.63) is 12.7 Å². The van der Waals surface area contributed by atoms with Gasteiger partial charge in [0.2, 0.25) is 0 Å². The van der Waals surface area contributed by atoms with Crippen molar-refractivity contribution in [2.75, 3.05) is 13.2 Å². The van der Waals surface area contributed by atoms with Crippen molar-refractivity contribution < 1.29 is 29.6 Å². The minimum absolute atomic E-state index is 0.0221. The Morgan fingerprint density at radius 1 is 1.22 bits per heavy atom. The van der Waals surface area contributed by atoms with Crippen molar-refractivity contribution in [2.24, 2.45) is 0 Å². The summed E-state index contributed by atoms with van der Waals surface area (Å²) in [5.41, 5.74) is 0. The first kappa shape index (κ1) is 20.1. The molecule has 6 heteroatoms. The van der Waals surface area contributed by atoms with Crippen molar-refractivity contribution in [3.8, 4) is 0 Å². The van der Waals surface area contributed by atoms with Gasteiger partial charge < -0.3 is 24.8 Å². The maximum atomic E-state index is 11.8. The van der Waals surface area contributed by atoms with E-state index in [1.54, 1.807) is 0 Å². The van der Waals surface area contributed by atoms with Crippen molar-refractivity contribution >= 4 is 5.97 Å². The Kier molecular flexibility index (Phi) is 10.1. The zero-order chi connectivity index (χ0) is 17.1. The maximum absolute atomic E-state index is 11.8. The van der Waals surface area contributed by atoms with Crippen LogP contribution in [0.5, 0.6) is 0 Å². The summed E-state index contributed by atoms with van der Waals surface area (Å²) in [5.74, 6) is -0.409. The van der Waals surface area contributed by atoms with Crippen LogP contribution < -0.4 is 0 Å². The van der Waals surface area contributed by atoms with Gasteiger partial charge in [0.1, 0.15) is 18.3 Å². The lowest BCUT2D eigenvalue weighted by molar-refractivity contribution is -0.162. The van der Waals surface area contributed by atoms with Crippen LogP contribution in [0.1, 0.15) is 51.4 Å². The molecular formula is C17H30O6. The summed E-state index contributed by atoms with van der Waals surface area (Å²) in [7, 11) is 0. The van der Waals surface area contributed by atoms with E-state index in [9.17, 15) is 20.1 Å². The first-order chi connectivity index (χ1) is 11.1. The zero-order valence-electron chi connectivity index (χ0n) is 13.7. The molecule has 1 saturated heterocycles. The lowest BCUT2D eigenvalue weighted by Gasteiger charge is -2.24. The number of hydrogen-bond acceptors (Lipinski definition) is 6. The lowest BCUT2D eigenvalue weighted by Crippen LogP contribution is -2.43. The van der Waals surface area contributed by atoms with Gasteiger partial charge in [0.05, 0.1) is 13.2 Å². The van der Waals surface area contributed by atoms with Crippen LogP contribution in [0.15, 0.2) is 12.7 Å². The largest absolute Gasteiger partial charge is 0.457 e. The molecule has 0 spiro atoms. The minimum Gasteiger partial charge on any atom is -0.457 e. The average Bonchev–Trinajstić information content (AvgIpc) is 2.87. The van der Waals surface area contributed by atoms with Crippen molar-refractivity contribution in [3.63, 3.8) is 0 Å². The predicted molar refractivity (Wildman–Crippen MR) is 85.9 cm³/mol. The predicted octanol–water partition coefficient (Wildman–Crippen LogP) is 1.32. The van der Waals surface area contributed by atoms with Gasteiger partial charge >= 0.3 is 5.97 Å². The Labute approximate surface area is 138 Å². The molecule has 4 unspecified atom stereocenters. The van der Waals surface area contributed by atoms with Gasteiger partial charge in [-0.1, -0.05) is 31.8 Å². The quantitative estimate of drug-likeness (QED) is 0.284. The highest BCUT2D eigenvalue weighted by atomic mass is 16.6. The fraction of sp³-hybridized carbons (Fsp3) is 0.824. The zero-order valence-corrected chi connectivity index (χ0v) is 13.7. The van der Waals surface area contributed by atoms with Crippen LogP contribution in [0.2, 0.25) is 0 Å². The number of carbonyl (C=O) groups is 1. The Bertz CT molecular complexity index is 346. The van der Waals surface area contributed by atoms with Gasteiger partial charge in [-0.25, -0.2) is 0 Å². The summed E-state index contributed by atoms with van der Waals surface area (Å²) < 4.78 is 10.3. The number of aliphatic hydroxyl groups is 3. The van der Waals surface area contributed by atoms with Gasteiger partial charge in [0.25, 0.3) is 0 Å². The van der Waals surface area contributed by atoms with Crippen LogP contribution in [-0.2, 0) is 14.3 Å². The van der Waals surface area contributed by atoms with E-state index in [0.717, 1.165) is 32.1 Å². The summed E-state index contributed by atoms with van der Waals surface area (Å²) in [6.45, 7) is 3.22. The van der Waals surface area contributed by atoms with Crippen LogP contribution in [0, 0.1) is 0 Å². The molecule has 1 heterocycles. The average molecular weight is 330 g/mol. The topological polar surface area (TPSA) is 96.2 Å². The fourth-order valence-corrected chi connectivity index (χ4v) is 2.65. The van der Waals surface area contributed by atoms with Gasteiger partial charge in [0, 0.05) is 6.42 Å². The number of rotatable bonds is 12. The highest BCUT2D eigenvalue weighted by Crippen LogP contribution is 2.20. The normalized spacial score (nSPS) is 25.3. The second-order valence-corrected chi connectivity index (χ2v) is 6.02. The third-order valence-electron chi connectivity index (χ3n) is 4.06. The molecule has 0 amide bonds. The summed E-state index contributed by atoms with van der Waals surface area (Å²) in [5, 5.41) is 28.4. The maximum Gasteiger partial charge on any atom is 0.306 e. The molecule has 0 bridgehead atoms. The van der Waals surface area contributed by atoms with E-state index in [-0.39, 0.29) is 13.0 Å². The molecule has 134 valence electrons. The molecule has 1 aliphatic rings. The second-order valence-electron chi connectivity index (χ2n) is 6.02. The van der Waals surface area contributed by atoms with E-state index in [1.807, 2.05) is 6.08 Å². The molecule has 0 aliphatic carbocycles. The number of esters is 1. The standard InChI is InChI=1S/C17H30O6/c1-2-3-4-5-6-7-8-9-10-15(20)23-14(11-18)17-16(21)13(19)12-22-17/h2,13-14,16-19,21H,1,3-12H2. The van der Waals surface area contributed by atoms with E-state index in [0.29, 0.717) is 0 Å². The Hall–Kier alpha value is -0.950. The molecule has 6 nitrogen and oxygen atoms in total. The number of unbranched alkanes of at least 4 members (excludes halogenated alkanes) is 6. The van der Waals surface area contributed by atoms with Crippen LogP contribution in [0.4, 0.5) is 0 Å². The molecule has 0 aromatic carbocycles. The number of allylic oxidation sites excluding steroid dienone is 1. The lowest BCUT2D eigenvalue weighted by atomic mass is 10.1. The highest BCUT2D eigenvalue weighted by molar-refractivity contribution is 5.69. The third kappa shape index (κ3) is 7.44. The summed E-state index contributed by atoms with van der Waals surface area (Å²) in [6.07, 6.45) is 5.62. The minimum atomic E-state index is -1.14. The van der Waals surface area contributed by atoms with Crippen molar-refractivity contribution in [1.82, 2.24) is 0 Å². The van der Waals surface area contributed by atoms with Crippen molar-refractivity contribution in [1.29, 1.82) is 0 Å². The first-order valence-corrected chi connectivity index (χ1v) is 8.49. The van der Waals surface area contributed by atoms with Crippen LogP contribution in [0.3, 0.4) is 0 Å². The summed E-state index contributed by atoms with van der Waals surface area (Å²) in [6, 6.07) is 0. The van der Waals surface area contributed by atoms with Crippen LogP contribution >= 0.6 is 0 Å². The molecule has 1 aliphatic heterocycles. The van der Waals surface area contributed by atoms with Crippen LogP contribution in [-0.4, -0.2) is 58.9 Å². The molecule has 0 aromatic heterocycles. The molecule has 3 N–H and O–H groups in total. The molecule has 23 heavy (non-hydrogen) atoms. The molecule has 4 atom stereocenters. The van der Waals surface area contributed by atoms with Crippen molar-refractivity contribution in [2.45, 2.75) is 75.8 Å². The monoisotopic (exact) mass is 330 g/mol. The van der Waals surface area contributed by atoms with Gasteiger partial charge in [-0.2, -0.15) is 0 Å². The Balaban J connectivity index is 2.13. The molecular weight excluding hydrogens is 300 g/mol. The Morgan fingerprint density at radius 2 is 1.87 bits per heavy atom. The van der Waals surface area contributed by atoms with E-state index < -0.39 is 37.0 Å². The third-order valence-corrected chi connectivity index (χ3v) is 4.06. The van der Waals surface area contributed by atoms with Gasteiger partial charge in [-0.05, 0) is 19.3 Å². The molecule has 1 rings (SSSR count). The smallest absolute Gasteiger partial charge is 0.306 e. The second kappa shape index (κ2) is 11.6. The van der Waals surface area contributed by atoms with E-state index >= 15 is 0 Å². The van der Waals surface area contributed by atoms with E-state index in [2.05, 4.69) is 6.58 Å². The molecule has 0 radical (unpaired) electrons. The van der Waals surface area contributed by atoms with Gasteiger partial charge in [-0.15, -0.1) is 6.58 Å². The van der Waals surface area contributed by atoms with E-state index in [4.69, 9.17) is 9.47 Å². The molecule has 0 aromatic rings. The number of ether oxygens (including phenoxy) is 2. The fourth-order valence-electron chi connectivity index (χ4n) is 2.65. The number of aliphatic hydroxyl groups excluding tert-OH is 3. The number of carbonyl (C=O) groups excluding carboxylic acids is 1. The summed E-state index contributed by atoms with van der Waals surface area (Å²) >= 11 is 0. The van der Waals surface area contributed by atoms with E-state index in [1.165, 1.54) is 12.8 Å². The summed E-state index contributed by atoms with van der Waals surface area (Å²) in [4.78, 5) is 11.8. The molecule has 1 fully saturated rings.